The maximum Gasteiger partial charge on any atom is 0.335 e. The molecule has 1 aliphatic carbocycles. The third kappa shape index (κ3) is 3.71. The maximum atomic E-state index is 11.1. The van der Waals surface area contributed by atoms with Gasteiger partial charge in [-0.15, -0.1) is 0 Å². The molecule has 0 amide bonds. The molecule has 0 spiro atoms. The van der Waals surface area contributed by atoms with E-state index in [9.17, 15) is 14.9 Å². The number of nitro groups is 1. The van der Waals surface area contributed by atoms with Gasteiger partial charge in [-0.25, -0.2) is 4.79 Å². The Hall–Kier alpha value is -2.11. The Morgan fingerprint density at radius 3 is 2.57 bits per heavy atom. The van der Waals surface area contributed by atoms with Gasteiger partial charge in [0.15, 0.2) is 0 Å². The van der Waals surface area contributed by atoms with Gasteiger partial charge in [-0.1, -0.05) is 13.3 Å². The number of nitrogens with zero attached hydrogens (tertiary/aromatic N) is 1. The standard InChI is InChI=1S/C15H20N2O4/c1-2-10-3-6-12(7-4-10)16-13-8-5-11(15(18)19)9-14(13)17(20)21/h5,8-10,12,16H,2-4,6-7H2,1H3,(H,18,19). The molecule has 1 aliphatic rings. The smallest absolute Gasteiger partial charge is 0.335 e. The largest absolute Gasteiger partial charge is 0.478 e. The Bertz CT molecular complexity index is 536. The molecule has 0 radical (unpaired) electrons. The fourth-order valence-electron chi connectivity index (χ4n) is 2.87. The molecule has 0 atom stereocenters. The monoisotopic (exact) mass is 292 g/mol. The van der Waals surface area contributed by atoms with Crippen molar-refractivity contribution in [3.8, 4) is 0 Å². The Balaban J connectivity index is 2.13. The van der Waals surface area contributed by atoms with E-state index in [0.29, 0.717) is 5.69 Å². The van der Waals surface area contributed by atoms with Gasteiger partial charge in [-0.3, -0.25) is 10.1 Å². The summed E-state index contributed by atoms with van der Waals surface area (Å²) in [5.41, 5.74) is 0.166. The maximum absolute atomic E-state index is 11.1. The molecule has 0 bridgehead atoms. The summed E-state index contributed by atoms with van der Waals surface area (Å²) in [6, 6.07) is 4.23. The molecule has 1 aromatic rings. The van der Waals surface area contributed by atoms with Crippen molar-refractivity contribution in [1.82, 2.24) is 0 Å². The van der Waals surface area contributed by atoms with E-state index >= 15 is 0 Å². The molecule has 0 aliphatic heterocycles. The van der Waals surface area contributed by atoms with Gasteiger partial charge in [0, 0.05) is 12.1 Å². The number of nitrogens with one attached hydrogen (secondary N) is 1. The SMILES string of the molecule is CCC1CCC(Nc2ccc(C(=O)O)cc2[N+](=O)[O-])CC1. The zero-order chi connectivity index (χ0) is 15.4. The summed E-state index contributed by atoms with van der Waals surface area (Å²) in [5, 5.41) is 23.2. The van der Waals surface area contributed by atoms with Crippen LogP contribution in [0.4, 0.5) is 11.4 Å². The first-order chi connectivity index (χ1) is 10.0. The molecule has 0 heterocycles. The summed E-state index contributed by atoms with van der Waals surface area (Å²) in [6.45, 7) is 2.19. The van der Waals surface area contributed by atoms with E-state index in [-0.39, 0.29) is 17.3 Å². The molecule has 1 fully saturated rings. The van der Waals surface area contributed by atoms with Gasteiger partial charge in [0.25, 0.3) is 5.69 Å². The molecule has 2 rings (SSSR count). The summed E-state index contributed by atoms with van der Waals surface area (Å²) in [6.07, 6.45) is 5.44. The van der Waals surface area contributed by atoms with Crippen molar-refractivity contribution in [2.24, 2.45) is 5.92 Å². The average Bonchev–Trinajstić information content (AvgIpc) is 2.48. The van der Waals surface area contributed by atoms with E-state index in [0.717, 1.165) is 37.7 Å². The predicted octanol–water partition coefficient (Wildman–Crippen LogP) is 3.67. The molecule has 0 aromatic heterocycles. The quantitative estimate of drug-likeness (QED) is 0.638. The van der Waals surface area contributed by atoms with Crippen molar-refractivity contribution < 1.29 is 14.8 Å². The van der Waals surface area contributed by atoms with Gasteiger partial charge in [0.05, 0.1) is 10.5 Å². The van der Waals surface area contributed by atoms with E-state index in [1.54, 1.807) is 0 Å². The van der Waals surface area contributed by atoms with Crippen LogP contribution < -0.4 is 5.32 Å². The molecule has 0 unspecified atom stereocenters. The highest BCUT2D eigenvalue weighted by Crippen LogP contribution is 2.32. The predicted molar refractivity (Wildman–Crippen MR) is 79.7 cm³/mol. The Labute approximate surface area is 123 Å². The second-order valence-electron chi connectivity index (χ2n) is 5.56. The van der Waals surface area contributed by atoms with Crippen LogP contribution in [0.1, 0.15) is 49.4 Å². The van der Waals surface area contributed by atoms with Crippen molar-refractivity contribution in [2.75, 3.05) is 5.32 Å². The van der Waals surface area contributed by atoms with Crippen LogP contribution in [0.3, 0.4) is 0 Å². The van der Waals surface area contributed by atoms with E-state index < -0.39 is 10.9 Å². The minimum absolute atomic E-state index is 0.0676. The first-order valence-electron chi connectivity index (χ1n) is 7.29. The fraction of sp³-hybridized carbons (Fsp3) is 0.533. The number of carboxylic acid groups (broad SMARTS) is 1. The lowest BCUT2D eigenvalue weighted by Gasteiger charge is -2.29. The molecule has 2 N–H and O–H groups in total. The van der Waals surface area contributed by atoms with Crippen molar-refractivity contribution in [1.29, 1.82) is 0 Å². The highest BCUT2D eigenvalue weighted by molar-refractivity contribution is 5.89. The highest BCUT2D eigenvalue weighted by atomic mass is 16.6. The average molecular weight is 292 g/mol. The molecule has 6 heteroatoms. The Kier molecular flexibility index (Phi) is 4.77. The van der Waals surface area contributed by atoms with E-state index in [1.165, 1.54) is 18.6 Å². The molecule has 6 nitrogen and oxygen atoms in total. The van der Waals surface area contributed by atoms with Gasteiger partial charge in [0.1, 0.15) is 5.69 Å². The molecule has 114 valence electrons. The van der Waals surface area contributed by atoms with Crippen LogP contribution in [-0.4, -0.2) is 22.0 Å². The number of benzene rings is 1. The topological polar surface area (TPSA) is 92.5 Å². The van der Waals surface area contributed by atoms with Crippen molar-refractivity contribution in [3.63, 3.8) is 0 Å². The fourth-order valence-corrected chi connectivity index (χ4v) is 2.87. The van der Waals surface area contributed by atoms with Crippen LogP contribution in [0.2, 0.25) is 0 Å². The zero-order valence-electron chi connectivity index (χ0n) is 12.0. The van der Waals surface area contributed by atoms with Crippen molar-refractivity contribution in [2.45, 2.75) is 45.1 Å². The van der Waals surface area contributed by atoms with Gasteiger partial charge in [-0.2, -0.15) is 0 Å². The summed E-state index contributed by atoms with van der Waals surface area (Å²) in [5.74, 6) is -0.402. The van der Waals surface area contributed by atoms with Gasteiger partial charge < -0.3 is 10.4 Å². The number of anilines is 1. The Morgan fingerprint density at radius 1 is 1.38 bits per heavy atom. The van der Waals surface area contributed by atoms with Crippen LogP contribution >= 0.6 is 0 Å². The zero-order valence-corrected chi connectivity index (χ0v) is 12.0. The molecular formula is C15H20N2O4. The first-order valence-corrected chi connectivity index (χ1v) is 7.29. The summed E-state index contributed by atoms with van der Waals surface area (Å²) < 4.78 is 0. The number of carboxylic acids is 1. The van der Waals surface area contributed by atoms with Gasteiger partial charge in [-0.05, 0) is 43.7 Å². The van der Waals surface area contributed by atoms with Crippen LogP contribution in [0, 0.1) is 16.0 Å². The second kappa shape index (κ2) is 6.56. The number of aromatic carboxylic acids is 1. The summed E-state index contributed by atoms with van der Waals surface area (Å²) in [7, 11) is 0. The van der Waals surface area contributed by atoms with Crippen LogP contribution in [0.15, 0.2) is 18.2 Å². The van der Waals surface area contributed by atoms with E-state index in [1.807, 2.05) is 0 Å². The molecular weight excluding hydrogens is 272 g/mol. The molecule has 1 saturated carbocycles. The second-order valence-corrected chi connectivity index (χ2v) is 5.56. The number of carbonyl (C=O) groups is 1. The number of nitro benzene ring substituents is 1. The number of hydrogen-bond acceptors (Lipinski definition) is 4. The summed E-state index contributed by atoms with van der Waals surface area (Å²) >= 11 is 0. The van der Waals surface area contributed by atoms with Gasteiger partial charge >= 0.3 is 5.97 Å². The molecule has 1 aromatic carbocycles. The van der Waals surface area contributed by atoms with Crippen LogP contribution in [0.25, 0.3) is 0 Å². The lowest BCUT2D eigenvalue weighted by atomic mass is 9.84. The number of hydrogen-bond donors (Lipinski definition) is 2. The van der Waals surface area contributed by atoms with Crippen LogP contribution in [0.5, 0.6) is 0 Å². The lowest BCUT2D eigenvalue weighted by Crippen LogP contribution is -2.26. The normalized spacial score (nSPS) is 21.8. The van der Waals surface area contributed by atoms with E-state index in [2.05, 4.69) is 12.2 Å². The van der Waals surface area contributed by atoms with E-state index in [4.69, 9.17) is 5.11 Å². The van der Waals surface area contributed by atoms with Crippen molar-refractivity contribution >= 4 is 17.3 Å². The van der Waals surface area contributed by atoms with Gasteiger partial charge in [0.2, 0.25) is 0 Å². The third-order valence-electron chi connectivity index (χ3n) is 4.23. The number of rotatable bonds is 5. The highest BCUT2D eigenvalue weighted by Gasteiger charge is 2.23. The summed E-state index contributed by atoms with van der Waals surface area (Å²) in [4.78, 5) is 21.5. The third-order valence-corrected chi connectivity index (χ3v) is 4.23. The minimum atomic E-state index is -1.16. The molecule has 0 saturated heterocycles. The van der Waals surface area contributed by atoms with Crippen molar-refractivity contribution in [3.05, 3.63) is 33.9 Å². The lowest BCUT2D eigenvalue weighted by molar-refractivity contribution is -0.384. The van der Waals surface area contributed by atoms with Crippen LogP contribution in [-0.2, 0) is 0 Å². The molecule has 21 heavy (non-hydrogen) atoms. The Morgan fingerprint density at radius 2 is 2.05 bits per heavy atom. The minimum Gasteiger partial charge on any atom is -0.478 e. The first kappa shape index (κ1) is 15.3.